The van der Waals surface area contributed by atoms with Crippen LogP contribution in [0.25, 0.3) is 33.5 Å². The van der Waals surface area contributed by atoms with Gasteiger partial charge in [-0.05, 0) is 111 Å². The Hall–Kier alpha value is -7.52. The van der Waals surface area contributed by atoms with E-state index >= 15 is 0 Å². The van der Waals surface area contributed by atoms with Gasteiger partial charge in [-0.2, -0.15) is 0 Å². The lowest BCUT2D eigenvalue weighted by atomic mass is 9.86. The van der Waals surface area contributed by atoms with Gasteiger partial charge in [0.1, 0.15) is 0 Å². The van der Waals surface area contributed by atoms with E-state index in [1.54, 1.807) is 35.5 Å². The van der Waals surface area contributed by atoms with Gasteiger partial charge in [0.15, 0.2) is 0 Å². The Balaban J connectivity index is 0.000000174. The van der Waals surface area contributed by atoms with E-state index in [1.807, 2.05) is 137 Å². The van der Waals surface area contributed by atoms with Crippen molar-refractivity contribution in [2.45, 2.75) is 51.6 Å². The summed E-state index contributed by atoms with van der Waals surface area (Å²) in [6.07, 6.45) is 5.86. The minimum atomic E-state index is -3.28. The molecule has 18 nitrogen and oxygen atoms in total. The first-order chi connectivity index (χ1) is 33.0. The van der Waals surface area contributed by atoms with E-state index < -0.39 is 30.9 Å². The molecule has 4 aromatic heterocycles. The highest BCUT2D eigenvalue weighted by molar-refractivity contribution is 7.88. The molecule has 10 rings (SSSR count). The Bertz CT molecular complexity index is 3390. The molecule has 2 amide bonds. The lowest BCUT2D eigenvalue weighted by molar-refractivity contribution is -0.120. The fraction of sp³-hybridized carbons (Fsp3) is 0.240. The van der Waals surface area contributed by atoms with Gasteiger partial charge < -0.3 is 21.3 Å². The number of benzene rings is 4. The molecule has 6 heterocycles. The summed E-state index contributed by atoms with van der Waals surface area (Å²) in [5.41, 5.74) is 10.8. The van der Waals surface area contributed by atoms with E-state index in [0.29, 0.717) is 11.9 Å². The molecule has 0 unspecified atom stereocenters. The maximum absolute atomic E-state index is 12.3. The maximum Gasteiger partial charge on any atom is 0.245 e. The summed E-state index contributed by atoms with van der Waals surface area (Å²) in [5.74, 6) is 0.770. The predicted molar refractivity (Wildman–Crippen MR) is 272 cm³/mol. The summed E-state index contributed by atoms with van der Waals surface area (Å²) in [6, 6.07) is 34.7. The molecular weight excluding hydrogens is 929 g/mol. The number of sulfonamides is 2. The Morgan fingerprint density at radius 1 is 0.557 bits per heavy atom. The van der Waals surface area contributed by atoms with Crippen molar-refractivity contribution in [1.29, 1.82) is 0 Å². The van der Waals surface area contributed by atoms with Crippen molar-refractivity contribution in [3.63, 3.8) is 0 Å². The van der Waals surface area contributed by atoms with Gasteiger partial charge in [-0.15, -0.1) is 10.2 Å². The monoisotopic (exact) mass is 980 g/mol. The maximum atomic E-state index is 12.3. The molecule has 0 saturated heterocycles. The number of amides is 2. The molecule has 0 radical (unpaired) electrons. The van der Waals surface area contributed by atoms with Gasteiger partial charge in [-0.1, -0.05) is 48.5 Å². The zero-order valence-corrected chi connectivity index (χ0v) is 41.4. The molecule has 0 spiro atoms. The van der Waals surface area contributed by atoms with Crippen LogP contribution in [0.4, 0.5) is 34.6 Å². The van der Waals surface area contributed by atoms with Crippen molar-refractivity contribution in [3.8, 4) is 22.5 Å². The quantitative estimate of drug-likeness (QED) is 0.0935. The van der Waals surface area contributed by atoms with Crippen molar-refractivity contribution >= 4 is 77.5 Å². The number of anilines is 6. The van der Waals surface area contributed by atoms with Crippen LogP contribution >= 0.6 is 0 Å². The Labute approximate surface area is 405 Å². The summed E-state index contributed by atoms with van der Waals surface area (Å²) < 4.78 is 53.4. The SMILES string of the molecule is CN(Cc1cccc(-c2ccc3cnc(Nc4ccc5c(c4)NC(=O)C5(C)C)nn23)c1)S(C)(=O)=O.CN(Cc1cccc(-c2ccc3cnc(Nc4ccc5c(c4)NC(=O)C5(C)C)nn23)c1)S(C)(=O)=O. The van der Waals surface area contributed by atoms with Crippen molar-refractivity contribution in [2.24, 2.45) is 0 Å². The molecule has 0 fully saturated rings. The second-order valence-electron chi connectivity index (χ2n) is 18.6. The van der Waals surface area contributed by atoms with E-state index in [0.717, 1.165) is 78.6 Å². The average Bonchev–Trinajstić information content (AvgIpc) is 4.03. The number of aromatic nitrogens is 6. The molecule has 360 valence electrons. The van der Waals surface area contributed by atoms with Crippen molar-refractivity contribution in [3.05, 3.63) is 144 Å². The third-order valence-electron chi connectivity index (χ3n) is 12.7. The highest BCUT2D eigenvalue weighted by Gasteiger charge is 2.39. The highest BCUT2D eigenvalue weighted by atomic mass is 32.2. The van der Waals surface area contributed by atoms with Crippen LogP contribution in [0, 0.1) is 0 Å². The molecule has 20 heteroatoms. The average molecular weight is 981 g/mol. The number of nitrogens with one attached hydrogen (secondary N) is 4. The van der Waals surface area contributed by atoms with E-state index in [2.05, 4.69) is 41.4 Å². The van der Waals surface area contributed by atoms with E-state index in [1.165, 1.54) is 21.1 Å². The summed E-state index contributed by atoms with van der Waals surface area (Å²) >= 11 is 0. The second kappa shape index (κ2) is 17.8. The van der Waals surface area contributed by atoms with Crippen molar-refractivity contribution in [2.75, 3.05) is 47.9 Å². The molecule has 8 aromatic rings. The number of nitrogens with zero attached hydrogens (tertiary/aromatic N) is 8. The fourth-order valence-corrected chi connectivity index (χ4v) is 9.13. The van der Waals surface area contributed by atoms with Crippen LogP contribution in [0.2, 0.25) is 0 Å². The lowest BCUT2D eigenvalue weighted by Gasteiger charge is -2.15. The van der Waals surface area contributed by atoms with E-state index in [-0.39, 0.29) is 24.9 Å². The minimum absolute atomic E-state index is 0.0238. The van der Waals surface area contributed by atoms with Crippen LogP contribution in [0.5, 0.6) is 0 Å². The number of carbonyl (C=O) groups is 2. The normalized spacial score (nSPS) is 14.8. The smallest absolute Gasteiger partial charge is 0.245 e. The zero-order chi connectivity index (χ0) is 49.9. The van der Waals surface area contributed by atoms with Gasteiger partial charge in [0, 0.05) is 61.1 Å². The number of hydrogen-bond donors (Lipinski definition) is 4. The third kappa shape index (κ3) is 9.45. The number of rotatable bonds is 12. The van der Waals surface area contributed by atoms with Crippen LogP contribution in [-0.2, 0) is 53.6 Å². The van der Waals surface area contributed by atoms with Crippen LogP contribution < -0.4 is 21.3 Å². The van der Waals surface area contributed by atoms with Gasteiger partial charge in [0.25, 0.3) is 0 Å². The van der Waals surface area contributed by atoms with Gasteiger partial charge in [-0.25, -0.2) is 44.4 Å². The summed E-state index contributed by atoms with van der Waals surface area (Å²) in [5, 5.41) is 21.7. The molecule has 70 heavy (non-hydrogen) atoms. The van der Waals surface area contributed by atoms with Crippen LogP contribution in [0.3, 0.4) is 0 Å². The van der Waals surface area contributed by atoms with Gasteiger partial charge in [0.2, 0.25) is 43.8 Å². The first-order valence-corrected chi connectivity index (χ1v) is 25.9. The summed E-state index contributed by atoms with van der Waals surface area (Å²) in [4.78, 5) is 33.4. The molecule has 0 saturated carbocycles. The standard InChI is InChI=1S/2C25H26N6O3S/c2*1-25(2)20-10-8-18(13-21(20)28-23(25)32)27-24-26-14-19-9-11-22(31(19)29-24)17-7-5-6-16(12-17)15-30(3)35(4,33)34/h2*5-14H,15H2,1-4H3,(H,27,29)(H,28,32). The molecular formula is C50H52N12O6S2. The van der Waals surface area contributed by atoms with Crippen molar-refractivity contribution in [1.82, 2.24) is 37.8 Å². The third-order valence-corrected chi connectivity index (χ3v) is 15.2. The van der Waals surface area contributed by atoms with Gasteiger partial charge in [0.05, 0.1) is 58.2 Å². The molecule has 2 aliphatic heterocycles. The summed E-state index contributed by atoms with van der Waals surface area (Å²) in [6.45, 7) is 8.17. The first kappa shape index (κ1) is 47.5. The Morgan fingerprint density at radius 2 is 0.957 bits per heavy atom. The first-order valence-electron chi connectivity index (χ1n) is 22.2. The Kier molecular flexibility index (Phi) is 12.1. The second-order valence-corrected chi connectivity index (χ2v) is 22.8. The number of fused-ring (bicyclic) bond motifs is 4. The van der Waals surface area contributed by atoms with E-state index in [4.69, 9.17) is 0 Å². The zero-order valence-electron chi connectivity index (χ0n) is 39.8. The van der Waals surface area contributed by atoms with Crippen LogP contribution in [0.1, 0.15) is 49.9 Å². The largest absolute Gasteiger partial charge is 0.325 e. The summed E-state index contributed by atoms with van der Waals surface area (Å²) in [7, 11) is -3.43. The van der Waals surface area contributed by atoms with Crippen molar-refractivity contribution < 1.29 is 26.4 Å². The van der Waals surface area contributed by atoms with E-state index in [9.17, 15) is 26.4 Å². The molecule has 0 atom stereocenters. The fourth-order valence-electron chi connectivity index (χ4n) is 8.36. The molecule has 2 aliphatic rings. The number of carbonyl (C=O) groups excluding carboxylic acids is 2. The van der Waals surface area contributed by atoms with Crippen LogP contribution in [0.15, 0.2) is 122 Å². The molecule has 4 aromatic carbocycles. The minimum Gasteiger partial charge on any atom is -0.325 e. The van der Waals surface area contributed by atoms with Gasteiger partial charge in [-0.3, -0.25) is 9.59 Å². The number of hydrogen-bond acceptors (Lipinski definition) is 12. The lowest BCUT2D eigenvalue weighted by Crippen LogP contribution is -2.26. The molecule has 4 N–H and O–H groups in total. The van der Waals surface area contributed by atoms with Crippen LogP contribution in [-0.4, -0.2) is 93.1 Å². The Morgan fingerprint density at radius 3 is 1.34 bits per heavy atom. The predicted octanol–water partition coefficient (Wildman–Crippen LogP) is 7.52. The topological polar surface area (TPSA) is 217 Å². The van der Waals surface area contributed by atoms with Gasteiger partial charge >= 0.3 is 0 Å². The molecule has 0 aliphatic carbocycles. The molecule has 0 bridgehead atoms. The highest BCUT2D eigenvalue weighted by Crippen LogP contribution is 2.40.